The van der Waals surface area contributed by atoms with Crippen LogP contribution in [0.25, 0.3) is 0 Å². The number of amides is 2. The van der Waals surface area contributed by atoms with E-state index in [1.54, 1.807) is 42.5 Å². The first-order chi connectivity index (χ1) is 20.0. The maximum atomic E-state index is 12.7. The molecule has 3 aromatic carbocycles. The largest absolute Gasteiger partial charge is 0.490 e. The van der Waals surface area contributed by atoms with Crippen molar-refractivity contribution >= 4 is 23.7 Å². The van der Waals surface area contributed by atoms with Crippen LogP contribution in [0.5, 0.6) is 11.5 Å². The lowest BCUT2D eigenvalue weighted by molar-refractivity contribution is -0.118. The van der Waals surface area contributed by atoms with Crippen LogP contribution in [0.3, 0.4) is 0 Å². The Morgan fingerprint density at radius 1 is 0.878 bits per heavy atom. The SMILES string of the molecule is CCOc1cc(/C=N/NC(=O)c2ccccc2)ccc1OCC(=O)Nc1ccc(C23CC4CC(CC(C4)C2)C3)cc1. The van der Waals surface area contributed by atoms with Crippen molar-refractivity contribution in [3.63, 3.8) is 0 Å². The standard InChI is InChI=1S/C34H37N3O4/c1-2-40-31-17-23(21-35-37-33(39)27-6-4-3-5-7-27)8-13-30(31)41-22-32(38)36-29-11-9-28(10-12-29)34-18-24-14-25(19-34)16-26(15-24)20-34/h3-13,17,21,24-26H,2,14-16,18-20,22H2,1H3,(H,36,38)(H,37,39)/b35-21+. The minimum absolute atomic E-state index is 0.141. The summed E-state index contributed by atoms with van der Waals surface area (Å²) in [4.78, 5) is 24.9. The molecule has 212 valence electrons. The van der Waals surface area contributed by atoms with E-state index < -0.39 is 0 Å². The number of hydrogen-bond acceptors (Lipinski definition) is 5. The summed E-state index contributed by atoms with van der Waals surface area (Å²) in [5.74, 6) is 3.15. The van der Waals surface area contributed by atoms with Gasteiger partial charge in [0.1, 0.15) is 0 Å². The molecule has 2 N–H and O–H groups in total. The van der Waals surface area contributed by atoms with Crippen molar-refractivity contribution < 1.29 is 19.1 Å². The first-order valence-corrected chi connectivity index (χ1v) is 14.7. The maximum absolute atomic E-state index is 12.7. The van der Waals surface area contributed by atoms with Gasteiger partial charge in [-0.25, -0.2) is 5.43 Å². The van der Waals surface area contributed by atoms with E-state index in [1.165, 1.54) is 50.3 Å². The first kappa shape index (κ1) is 27.1. The van der Waals surface area contributed by atoms with E-state index in [1.807, 2.05) is 25.1 Å². The lowest BCUT2D eigenvalue weighted by Crippen LogP contribution is -2.48. The zero-order valence-electron chi connectivity index (χ0n) is 23.5. The number of rotatable bonds is 10. The number of benzene rings is 3. The van der Waals surface area contributed by atoms with Crippen LogP contribution in [0, 0.1) is 17.8 Å². The second-order valence-corrected chi connectivity index (χ2v) is 11.8. The van der Waals surface area contributed by atoms with E-state index >= 15 is 0 Å². The highest BCUT2D eigenvalue weighted by Crippen LogP contribution is 2.60. The lowest BCUT2D eigenvalue weighted by atomic mass is 9.48. The predicted molar refractivity (Wildman–Crippen MR) is 160 cm³/mol. The Labute approximate surface area is 241 Å². The molecule has 0 aromatic heterocycles. The third kappa shape index (κ3) is 6.14. The molecule has 41 heavy (non-hydrogen) atoms. The maximum Gasteiger partial charge on any atom is 0.271 e. The Hall–Kier alpha value is -4.13. The molecule has 0 radical (unpaired) electrons. The summed E-state index contributed by atoms with van der Waals surface area (Å²) >= 11 is 0. The van der Waals surface area contributed by atoms with Crippen LogP contribution in [0.15, 0.2) is 77.9 Å². The summed E-state index contributed by atoms with van der Waals surface area (Å²) in [6, 6.07) is 22.7. The molecule has 0 aliphatic heterocycles. The number of anilines is 1. The fourth-order valence-electron chi connectivity index (χ4n) is 7.52. The molecular weight excluding hydrogens is 514 g/mol. The van der Waals surface area contributed by atoms with Gasteiger partial charge in [-0.2, -0.15) is 5.10 Å². The number of carbonyl (C=O) groups excluding carboxylic acids is 2. The van der Waals surface area contributed by atoms with E-state index in [-0.39, 0.29) is 18.4 Å². The number of carbonyl (C=O) groups is 2. The zero-order chi connectivity index (χ0) is 28.2. The fraction of sp³-hybridized carbons (Fsp3) is 0.382. The molecule has 0 unspecified atom stereocenters. The Morgan fingerprint density at radius 3 is 2.22 bits per heavy atom. The zero-order valence-corrected chi connectivity index (χ0v) is 23.5. The number of ether oxygens (including phenoxy) is 2. The molecule has 4 aliphatic rings. The lowest BCUT2D eigenvalue weighted by Gasteiger charge is -2.57. The third-order valence-corrected chi connectivity index (χ3v) is 8.86. The highest BCUT2D eigenvalue weighted by atomic mass is 16.5. The van der Waals surface area contributed by atoms with Crippen LogP contribution in [-0.4, -0.2) is 31.2 Å². The van der Waals surface area contributed by atoms with Gasteiger partial charge in [-0.3, -0.25) is 9.59 Å². The summed E-state index contributed by atoms with van der Waals surface area (Å²) in [7, 11) is 0. The van der Waals surface area contributed by atoms with Crippen molar-refractivity contribution in [1.82, 2.24) is 5.43 Å². The molecule has 4 bridgehead atoms. The molecule has 7 heteroatoms. The molecule has 0 atom stereocenters. The van der Waals surface area contributed by atoms with Crippen LogP contribution >= 0.6 is 0 Å². The summed E-state index contributed by atoms with van der Waals surface area (Å²) in [5, 5.41) is 7.00. The van der Waals surface area contributed by atoms with E-state index in [0.29, 0.717) is 29.1 Å². The number of hydrazone groups is 1. The molecule has 7 nitrogen and oxygen atoms in total. The topological polar surface area (TPSA) is 89.0 Å². The minimum Gasteiger partial charge on any atom is -0.490 e. The van der Waals surface area contributed by atoms with Gasteiger partial charge in [-0.15, -0.1) is 0 Å². The minimum atomic E-state index is -0.291. The van der Waals surface area contributed by atoms with Gasteiger partial charge in [0, 0.05) is 11.3 Å². The van der Waals surface area contributed by atoms with Gasteiger partial charge in [-0.1, -0.05) is 30.3 Å². The van der Waals surface area contributed by atoms with Crippen LogP contribution in [0.2, 0.25) is 0 Å². The van der Waals surface area contributed by atoms with Gasteiger partial charge in [-0.05, 0) is 122 Å². The summed E-state index contributed by atoms with van der Waals surface area (Å²) < 4.78 is 11.5. The van der Waals surface area contributed by atoms with Crippen molar-refractivity contribution in [2.24, 2.45) is 22.9 Å². The van der Waals surface area contributed by atoms with Crippen molar-refractivity contribution in [2.45, 2.75) is 50.9 Å². The molecular formula is C34H37N3O4. The Balaban J connectivity index is 1.03. The van der Waals surface area contributed by atoms with E-state index in [2.05, 4.69) is 28.0 Å². The molecule has 4 aliphatic carbocycles. The van der Waals surface area contributed by atoms with Crippen LogP contribution in [0.1, 0.15) is 66.9 Å². The van der Waals surface area contributed by atoms with Crippen molar-refractivity contribution in [3.05, 3.63) is 89.5 Å². The Bertz CT molecular complexity index is 1380. The van der Waals surface area contributed by atoms with E-state index in [9.17, 15) is 9.59 Å². The fourth-order valence-corrected chi connectivity index (χ4v) is 7.52. The van der Waals surface area contributed by atoms with Crippen LogP contribution in [-0.2, 0) is 10.2 Å². The van der Waals surface area contributed by atoms with Gasteiger partial charge < -0.3 is 14.8 Å². The van der Waals surface area contributed by atoms with Gasteiger partial charge in [0.2, 0.25) is 0 Å². The number of hydrogen-bond donors (Lipinski definition) is 2. The Morgan fingerprint density at radius 2 is 1.56 bits per heavy atom. The highest BCUT2D eigenvalue weighted by Gasteiger charge is 2.51. The molecule has 7 rings (SSSR count). The van der Waals surface area contributed by atoms with Crippen molar-refractivity contribution in [1.29, 1.82) is 0 Å². The molecule has 0 spiro atoms. The van der Waals surface area contributed by atoms with Crippen LogP contribution < -0.4 is 20.2 Å². The van der Waals surface area contributed by atoms with Gasteiger partial charge in [0.25, 0.3) is 11.8 Å². The summed E-state index contributed by atoms with van der Waals surface area (Å²) in [5.41, 5.74) is 6.33. The van der Waals surface area contributed by atoms with Gasteiger partial charge in [0.15, 0.2) is 18.1 Å². The Kier molecular flexibility index (Phi) is 7.77. The normalized spacial score (nSPS) is 24.3. The predicted octanol–water partition coefficient (Wildman–Crippen LogP) is 6.33. The highest BCUT2D eigenvalue weighted by molar-refractivity contribution is 5.95. The monoisotopic (exact) mass is 551 g/mol. The molecule has 4 saturated carbocycles. The third-order valence-electron chi connectivity index (χ3n) is 8.86. The number of nitrogens with one attached hydrogen (secondary N) is 2. The molecule has 0 saturated heterocycles. The number of nitrogens with zero attached hydrogens (tertiary/aromatic N) is 1. The summed E-state index contributed by atoms with van der Waals surface area (Å²) in [6.07, 6.45) is 9.81. The van der Waals surface area contributed by atoms with Crippen molar-refractivity contribution in [3.8, 4) is 11.5 Å². The van der Waals surface area contributed by atoms with E-state index in [4.69, 9.17) is 9.47 Å². The van der Waals surface area contributed by atoms with Crippen molar-refractivity contribution in [2.75, 3.05) is 18.5 Å². The van der Waals surface area contributed by atoms with Crippen LogP contribution in [0.4, 0.5) is 5.69 Å². The van der Waals surface area contributed by atoms with Gasteiger partial charge in [0.05, 0.1) is 12.8 Å². The molecule has 2 amide bonds. The first-order valence-electron chi connectivity index (χ1n) is 14.7. The average molecular weight is 552 g/mol. The molecule has 0 heterocycles. The van der Waals surface area contributed by atoms with Gasteiger partial charge >= 0.3 is 0 Å². The second kappa shape index (κ2) is 11.8. The average Bonchev–Trinajstić information content (AvgIpc) is 2.97. The quantitative estimate of drug-likeness (QED) is 0.228. The second-order valence-electron chi connectivity index (χ2n) is 11.8. The molecule has 4 fully saturated rings. The molecule has 3 aromatic rings. The smallest absolute Gasteiger partial charge is 0.271 e. The summed E-state index contributed by atoms with van der Waals surface area (Å²) in [6.45, 7) is 2.17. The van der Waals surface area contributed by atoms with E-state index in [0.717, 1.165) is 29.0 Å².